The predicted octanol–water partition coefficient (Wildman–Crippen LogP) is 3.18. The number of aromatic nitrogens is 2. The topological polar surface area (TPSA) is 43.8 Å². The summed E-state index contributed by atoms with van der Waals surface area (Å²) in [7, 11) is 0. The molecule has 0 saturated carbocycles. The average Bonchev–Trinajstić information content (AvgIpc) is 2.82. The van der Waals surface area contributed by atoms with Gasteiger partial charge in [-0.2, -0.15) is 5.10 Å². The fraction of sp³-hybridized carbons (Fsp3) is 0.133. The molecule has 2 N–H and O–H groups in total. The summed E-state index contributed by atoms with van der Waals surface area (Å²) in [4.78, 5) is 0. The van der Waals surface area contributed by atoms with E-state index in [1.165, 1.54) is 6.07 Å². The van der Waals surface area contributed by atoms with Crippen LogP contribution in [0.15, 0.2) is 48.7 Å². The molecule has 4 heteroatoms. The van der Waals surface area contributed by atoms with Gasteiger partial charge in [-0.15, -0.1) is 0 Å². The Kier molecular flexibility index (Phi) is 2.80. The van der Waals surface area contributed by atoms with Crippen LogP contribution in [0.1, 0.15) is 18.5 Å². The lowest BCUT2D eigenvalue weighted by molar-refractivity contribution is 0.608. The van der Waals surface area contributed by atoms with Crippen LogP contribution in [-0.2, 0) is 0 Å². The van der Waals surface area contributed by atoms with Crippen molar-refractivity contribution in [1.82, 2.24) is 9.78 Å². The normalized spacial score (nSPS) is 12.8. The Balaban J connectivity index is 2.17. The summed E-state index contributed by atoms with van der Waals surface area (Å²) >= 11 is 0. The van der Waals surface area contributed by atoms with Crippen LogP contribution in [0.3, 0.4) is 0 Å². The molecule has 0 aliphatic rings. The van der Waals surface area contributed by atoms with Crippen LogP contribution in [0.5, 0.6) is 0 Å². The number of benzene rings is 2. The Labute approximate surface area is 110 Å². The molecule has 0 spiro atoms. The summed E-state index contributed by atoms with van der Waals surface area (Å²) in [5.41, 5.74) is 7.85. The van der Waals surface area contributed by atoms with Crippen LogP contribution in [-0.4, -0.2) is 9.78 Å². The highest BCUT2D eigenvalue weighted by Crippen LogP contribution is 2.22. The molecule has 0 aliphatic heterocycles. The highest BCUT2D eigenvalue weighted by atomic mass is 19.1. The van der Waals surface area contributed by atoms with Gasteiger partial charge in [0.25, 0.3) is 0 Å². The van der Waals surface area contributed by atoms with Crippen molar-refractivity contribution in [3.63, 3.8) is 0 Å². The molecular weight excluding hydrogens is 241 g/mol. The van der Waals surface area contributed by atoms with Gasteiger partial charge in [-0.3, -0.25) is 0 Å². The summed E-state index contributed by atoms with van der Waals surface area (Å²) < 4.78 is 15.8. The van der Waals surface area contributed by atoms with Gasteiger partial charge in [-0.25, -0.2) is 9.07 Å². The van der Waals surface area contributed by atoms with Gasteiger partial charge in [0.05, 0.1) is 11.7 Å². The third-order valence-corrected chi connectivity index (χ3v) is 3.20. The summed E-state index contributed by atoms with van der Waals surface area (Å²) in [5, 5.41) is 5.23. The van der Waals surface area contributed by atoms with E-state index in [-0.39, 0.29) is 11.9 Å². The summed E-state index contributed by atoms with van der Waals surface area (Å²) in [6.45, 7) is 1.83. The molecule has 0 amide bonds. The second-order valence-electron chi connectivity index (χ2n) is 4.61. The van der Waals surface area contributed by atoms with E-state index in [9.17, 15) is 4.39 Å². The Bertz CT molecular complexity index is 731. The smallest absolute Gasteiger partial charge is 0.149 e. The Morgan fingerprint density at radius 2 is 2.00 bits per heavy atom. The van der Waals surface area contributed by atoms with Crippen molar-refractivity contribution in [2.45, 2.75) is 13.0 Å². The third-order valence-electron chi connectivity index (χ3n) is 3.20. The van der Waals surface area contributed by atoms with E-state index in [0.717, 1.165) is 16.5 Å². The lowest BCUT2D eigenvalue weighted by Gasteiger charge is -2.09. The van der Waals surface area contributed by atoms with E-state index < -0.39 is 0 Å². The third kappa shape index (κ3) is 2.00. The lowest BCUT2D eigenvalue weighted by atomic mass is 10.1. The first-order chi connectivity index (χ1) is 9.16. The standard InChI is InChI=1S/C15H14FN3/c1-10(17)11-6-7-15(13(16)8-11)19-14-5-3-2-4-12(14)9-18-19/h2-10H,17H2,1H3/t10-/m1/s1. The van der Waals surface area contributed by atoms with Crippen molar-refractivity contribution in [3.05, 3.63) is 60.0 Å². The molecule has 1 atom stereocenters. The van der Waals surface area contributed by atoms with Gasteiger partial charge in [0, 0.05) is 11.4 Å². The number of para-hydroxylation sites is 1. The van der Waals surface area contributed by atoms with Crippen molar-refractivity contribution in [1.29, 1.82) is 0 Å². The van der Waals surface area contributed by atoms with E-state index in [4.69, 9.17) is 5.73 Å². The van der Waals surface area contributed by atoms with Crippen LogP contribution >= 0.6 is 0 Å². The number of halogens is 1. The fourth-order valence-corrected chi connectivity index (χ4v) is 2.14. The number of hydrogen-bond acceptors (Lipinski definition) is 2. The van der Waals surface area contributed by atoms with Gasteiger partial charge in [0.2, 0.25) is 0 Å². The number of nitrogens with two attached hydrogens (primary N) is 1. The van der Waals surface area contributed by atoms with Gasteiger partial charge < -0.3 is 5.73 Å². The first-order valence-electron chi connectivity index (χ1n) is 6.15. The average molecular weight is 255 g/mol. The van der Waals surface area contributed by atoms with Gasteiger partial charge in [-0.05, 0) is 30.7 Å². The largest absolute Gasteiger partial charge is 0.324 e. The van der Waals surface area contributed by atoms with Gasteiger partial charge in [-0.1, -0.05) is 24.3 Å². The molecule has 0 aliphatic carbocycles. The predicted molar refractivity (Wildman–Crippen MR) is 73.6 cm³/mol. The maximum absolute atomic E-state index is 14.2. The van der Waals surface area contributed by atoms with E-state index >= 15 is 0 Å². The zero-order chi connectivity index (χ0) is 13.4. The quantitative estimate of drug-likeness (QED) is 0.764. The molecule has 0 unspecified atom stereocenters. The molecule has 0 radical (unpaired) electrons. The van der Waals surface area contributed by atoms with E-state index in [0.29, 0.717) is 5.69 Å². The lowest BCUT2D eigenvalue weighted by Crippen LogP contribution is -2.07. The number of nitrogens with zero attached hydrogens (tertiary/aromatic N) is 2. The van der Waals surface area contributed by atoms with E-state index in [1.54, 1.807) is 16.9 Å². The van der Waals surface area contributed by atoms with Crippen molar-refractivity contribution in [3.8, 4) is 5.69 Å². The molecule has 0 bridgehead atoms. The first-order valence-corrected chi connectivity index (χ1v) is 6.15. The molecule has 3 nitrogen and oxygen atoms in total. The highest BCUT2D eigenvalue weighted by molar-refractivity contribution is 5.80. The van der Waals surface area contributed by atoms with Crippen LogP contribution in [0.4, 0.5) is 4.39 Å². The molecule has 1 heterocycles. The Morgan fingerprint density at radius 3 is 2.74 bits per heavy atom. The molecule has 3 aromatic rings. The highest BCUT2D eigenvalue weighted by Gasteiger charge is 2.11. The zero-order valence-electron chi connectivity index (χ0n) is 10.5. The van der Waals surface area contributed by atoms with Crippen LogP contribution < -0.4 is 5.73 Å². The van der Waals surface area contributed by atoms with Gasteiger partial charge in [0.1, 0.15) is 11.5 Å². The first kappa shape index (κ1) is 11.9. The molecule has 1 aromatic heterocycles. The molecular formula is C15H14FN3. The van der Waals surface area contributed by atoms with Gasteiger partial charge >= 0.3 is 0 Å². The minimum absolute atomic E-state index is 0.182. The second kappa shape index (κ2) is 4.48. The van der Waals surface area contributed by atoms with E-state index in [1.807, 2.05) is 37.3 Å². The van der Waals surface area contributed by atoms with Gasteiger partial charge in [0.15, 0.2) is 0 Å². The molecule has 0 fully saturated rings. The zero-order valence-corrected chi connectivity index (χ0v) is 10.5. The molecule has 3 rings (SSSR count). The fourth-order valence-electron chi connectivity index (χ4n) is 2.14. The van der Waals surface area contributed by atoms with Crippen LogP contribution in [0.2, 0.25) is 0 Å². The molecule has 2 aromatic carbocycles. The van der Waals surface area contributed by atoms with Crippen LogP contribution in [0, 0.1) is 5.82 Å². The Hall–Kier alpha value is -2.20. The number of rotatable bonds is 2. The summed E-state index contributed by atoms with van der Waals surface area (Å²) in [5.74, 6) is -0.316. The molecule has 0 saturated heterocycles. The van der Waals surface area contributed by atoms with E-state index in [2.05, 4.69) is 5.10 Å². The van der Waals surface area contributed by atoms with Crippen molar-refractivity contribution in [2.24, 2.45) is 5.73 Å². The minimum atomic E-state index is -0.316. The maximum atomic E-state index is 14.2. The molecule has 19 heavy (non-hydrogen) atoms. The SMILES string of the molecule is C[C@@H](N)c1ccc(-n2ncc3ccccc32)c(F)c1. The second-order valence-corrected chi connectivity index (χ2v) is 4.61. The monoisotopic (exact) mass is 255 g/mol. The van der Waals surface area contributed by atoms with Crippen molar-refractivity contribution < 1.29 is 4.39 Å². The van der Waals surface area contributed by atoms with Crippen molar-refractivity contribution in [2.75, 3.05) is 0 Å². The van der Waals surface area contributed by atoms with Crippen molar-refractivity contribution >= 4 is 10.9 Å². The molecule has 96 valence electrons. The summed E-state index contributed by atoms with van der Waals surface area (Å²) in [6.07, 6.45) is 1.73. The minimum Gasteiger partial charge on any atom is -0.324 e. The van der Waals surface area contributed by atoms with Crippen LogP contribution in [0.25, 0.3) is 16.6 Å². The Morgan fingerprint density at radius 1 is 1.21 bits per heavy atom. The summed E-state index contributed by atoms with van der Waals surface area (Å²) in [6, 6.07) is 12.6. The number of hydrogen-bond donors (Lipinski definition) is 1. The number of fused-ring (bicyclic) bond motifs is 1. The maximum Gasteiger partial charge on any atom is 0.149 e.